The van der Waals surface area contributed by atoms with Crippen molar-refractivity contribution in [2.45, 2.75) is 0 Å². The molecule has 0 aromatic rings. The van der Waals surface area contributed by atoms with Crippen molar-refractivity contribution in [1.29, 1.82) is 0 Å². The monoisotopic (exact) mass is 127 g/mol. The van der Waals surface area contributed by atoms with Gasteiger partial charge in [-0.3, -0.25) is 4.57 Å². The molecule has 0 aliphatic rings. The average Bonchev–Trinajstić information content (AvgIpc) is 1.46. The normalized spacial score (nSPS) is 3.57. The van der Waals surface area contributed by atoms with E-state index < -0.39 is 8.69 Å². The summed E-state index contributed by atoms with van der Waals surface area (Å²) in [6.45, 7) is 6.00. The van der Waals surface area contributed by atoms with Crippen LogP contribution in [0.25, 0.3) is 0 Å². The van der Waals surface area contributed by atoms with Crippen LogP contribution in [0.5, 0.6) is 0 Å². The third-order valence-corrected chi connectivity index (χ3v) is 0. The molecule has 0 rings (SSSR count). The van der Waals surface area contributed by atoms with Gasteiger partial charge in [0.25, 0.3) is 0 Å². The maximum absolute atomic E-state index is 8.35. The average molecular weight is 127 g/mol. The molecule has 0 spiro atoms. The summed E-state index contributed by atoms with van der Waals surface area (Å²) in [5.74, 6) is 0. The van der Waals surface area contributed by atoms with Crippen LogP contribution in [-0.4, -0.2) is 0 Å². The quantitative estimate of drug-likeness (QED) is 0.375. The highest BCUT2D eigenvalue weighted by atomic mass is 31.1. The van der Waals surface area contributed by atoms with Crippen LogP contribution in [0.3, 0.4) is 0 Å². The Bertz CT molecular complexity index is 27.7. The van der Waals surface area contributed by atoms with Gasteiger partial charge in [-0.15, -0.1) is 13.2 Å². The number of quaternary nitrogens is 2. The zero-order chi connectivity index (χ0) is 4.71. The summed E-state index contributed by atoms with van der Waals surface area (Å²) >= 11 is 0. The Kier molecular flexibility index (Phi) is 1040. The lowest BCUT2D eigenvalue weighted by atomic mass is 11.3. The van der Waals surface area contributed by atoms with Crippen molar-refractivity contribution in [3.05, 3.63) is 13.2 Å². The first kappa shape index (κ1) is 29.7. The lowest BCUT2D eigenvalue weighted by Gasteiger charge is -1.57. The van der Waals surface area contributed by atoms with Crippen LogP contribution in [0, 0.1) is 0 Å². The molecule has 4 nitrogen and oxygen atoms in total. The van der Waals surface area contributed by atoms with Gasteiger partial charge in [-0.1, -0.05) is 0 Å². The van der Waals surface area contributed by atoms with Gasteiger partial charge in [-0.2, -0.15) is 0 Å². The molecular weight excluding hydrogens is 115 g/mol. The van der Waals surface area contributed by atoms with Crippen molar-refractivity contribution in [3.63, 3.8) is 0 Å². The SMILES string of the molecule is C=C.O=P[O-].[NH4+].[NH4+]. The summed E-state index contributed by atoms with van der Waals surface area (Å²) < 4.78 is 8.35. The number of hydrogen-bond donors (Lipinski definition) is 2. The Morgan fingerprint density at radius 3 is 1.29 bits per heavy atom. The summed E-state index contributed by atoms with van der Waals surface area (Å²) in [6, 6.07) is 0. The maximum atomic E-state index is 8.35. The fourth-order valence-corrected chi connectivity index (χ4v) is 0. The van der Waals surface area contributed by atoms with E-state index in [0.29, 0.717) is 0 Å². The second-order valence-electron chi connectivity index (χ2n) is 0.0745. The molecule has 0 saturated carbocycles. The molecule has 0 unspecified atom stereocenters. The van der Waals surface area contributed by atoms with E-state index >= 15 is 0 Å². The van der Waals surface area contributed by atoms with Crippen LogP contribution in [0.15, 0.2) is 13.2 Å². The summed E-state index contributed by atoms with van der Waals surface area (Å²) in [6.07, 6.45) is 0. The molecule has 8 N–H and O–H groups in total. The molecule has 0 fully saturated rings. The van der Waals surface area contributed by atoms with E-state index in [1.807, 2.05) is 0 Å². The van der Waals surface area contributed by atoms with Crippen molar-refractivity contribution < 1.29 is 9.46 Å². The third kappa shape index (κ3) is 1010. The van der Waals surface area contributed by atoms with Gasteiger partial charge >= 0.3 is 0 Å². The lowest BCUT2D eigenvalue weighted by Crippen LogP contribution is -1.65. The predicted molar refractivity (Wildman–Crippen MR) is 30.8 cm³/mol. The highest BCUT2D eigenvalue weighted by molar-refractivity contribution is 7.14. The largest absolute Gasteiger partial charge is 0.772 e. The van der Waals surface area contributed by atoms with Crippen LogP contribution in [-0.2, 0) is 4.57 Å². The minimum absolute atomic E-state index is 0. The molecule has 5 heteroatoms. The zero-order valence-electron chi connectivity index (χ0n) is 4.68. The minimum Gasteiger partial charge on any atom is -0.772 e. The van der Waals surface area contributed by atoms with Crippen LogP contribution in [0.2, 0.25) is 0 Å². The highest BCUT2D eigenvalue weighted by Gasteiger charge is 1.01. The van der Waals surface area contributed by atoms with E-state index in [2.05, 4.69) is 13.2 Å². The van der Waals surface area contributed by atoms with E-state index in [1.54, 1.807) is 0 Å². The Balaban J connectivity index is -0.0000000105. The summed E-state index contributed by atoms with van der Waals surface area (Å²) in [7, 11) is -1.08. The molecular formula is C2H12N2O2P+. The second kappa shape index (κ2) is 246. The highest BCUT2D eigenvalue weighted by Crippen LogP contribution is 1.53. The molecule has 7 heavy (non-hydrogen) atoms. The van der Waals surface area contributed by atoms with E-state index in [4.69, 9.17) is 9.46 Å². The summed E-state index contributed by atoms with van der Waals surface area (Å²) in [5, 5.41) is 0. The first-order valence-electron chi connectivity index (χ1n) is 0.865. The smallest absolute Gasteiger partial charge is 0.0642 e. The molecule has 0 aliphatic heterocycles. The van der Waals surface area contributed by atoms with Crippen LogP contribution >= 0.6 is 8.69 Å². The van der Waals surface area contributed by atoms with Gasteiger partial charge in [0.2, 0.25) is 0 Å². The fourth-order valence-electron chi connectivity index (χ4n) is 0. The van der Waals surface area contributed by atoms with E-state index in [9.17, 15) is 0 Å². The van der Waals surface area contributed by atoms with Crippen molar-refractivity contribution in [2.75, 3.05) is 0 Å². The van der Waals surface area contributed by atoms with Crippen LogP contribution in [0.1, 0.15) is 0 Å². The topological polar surface area (TPSA) is 113 Å². The maximum Gasteiger partial charge on any atom is 0.0642 e. The van der Waals surface area contributed by atoms with Gasteiger partial charge in [-0.25, -0.2) is 0 Å². The molecule has 0 aromatic heterocycles. The summed E-state index contributed by atoms with van der Waals surface area (Å²) in [4.78, 5) is 8.35. The third-order valence-electron chi connectivity index (χ3n) is 0. The predicted octanol–water partition coefficient (Wildman–Crippen LogP) is 1.11. The first-order chi connectivity index (χ1) is 2.41. The van der Waals surface area contributed by atoms with Crippen LogP contribution in [0.4, 0.5) is 0 Å². The molecule has 0 aromatic carbocycles. The van der Waals surface area contributed by atoms with Gasteiger partial charge in [0.15, 0.2) is 0 Å². The Hall–Kier alpha value is -0.280. The minimum atomic E-state index is -1.08. The van der Waals surface area contributed by atoms with E-state index in [1.165, 1.54) is 0 Å². The van der Waals surface area contributed by atoms with Gasteiger partial charge < -0.3 is 17.2 Å². The molecule has 0 heterocycles. The van der Waals surface area contributed by atoms with Gasteiger partial charge in [0.05, 0.1) is 8.69 Å². The molecule has 0 saturated heterocycles. The van der Waals surface area contributed by atoms with Gasteiger partial charge in [0, 0.05) is 0 Å². The Morgan fingerprint density at radius 1 is 1.29 bits per heavy atom. The fraction of sp³-hybridized carbons (Fsp3) is 0. The van der Waals surface area contributed by atoms with E-state index in [-0.39, 0.29) is 12.3 Å². The van der Waals surface area contributed by atoms with Gasteiger partial charge in [0.1, 0.15) is 0 Å². The van der Waals surface area contributed by atoms with Crippen molar-refractivity contribution >= 4 is 8.69 Å². The van der Waals surface area contributed by atoms with Gasteiger partial charge in [-0.05, 0) is 0 Å². The second-order valence-corrected chi connectivity index (χ2v) is 0.224. The van der Waals surface area contributed by atoms with E-state index in [0.717, 1.165) is 0 Å². The number of rotatable bonds is 0. The number of hydrogen-bond acceptors (Lipinski definition) is 2. The Labute approximate surface area is 44.7 Å². The zero-order valence-corrected chi connectivity index (χ0v) is 5.57. The van der Waals surface area contributed by atoms with Crippen LogP contribution < -0.4 is 17.2 Å². The molecule has 0 aliphatic carbocycles. The Morgan fingerprint density at radius 2 is 1.29 bits per heavy atom. The first-order valence-corrected chi connectivity index (χ1v) is 1.60. The summed E-state index contributed by atoms with van der Waals surface area (Å²) in [5.41, 5.74) is 0. The van der Waals surface area contributed by atoms with Crippen molar-refractivity contribution in [3.8, 4) is 0 Å². The van der Waals surface area contributed by atoms with Crippen molar-refractivity contribution in [1.82, 2.24) is 12.3 Å². The molecule has 0 bridgehead atoms. The standard InChI is InChI=1S/C2H4.2H3N.HO2P/c1-2;;;1-3-2/h1-2H2;2*1H3;(H,1,2)/p+1. The molecule has 0 amide bonds. The van der Waals surface area contributed by atoms with Crippen molar-refractivity contribution in [2.24, 2.45) is 0 Å². The molecule has 0 atom stereocenters. The molecule has 46 valence electrons. The molecule has 0 radical (unpaired) electrons. The lowest BCUT2D eigenvalue weighted by molar-refractivity contribution is -0.154.